The molecule has 0 heterocycles. The fraction of sp³-hybridized carbons (Fsp3) is 0.462. The summed E-state index contributed by atoms with van der Waals surface area (Å²) < 4.78 is 0. The predicted octanol–water partition coefficient (Wildman–Crippen LogP) is 1.99. The van der Waals surface area contributed by atoms with Gasteiger partial charge in [-0.05, 0) is 38.5 Å². The first kappa shape index (κ1) is 13.4. The number of primary amides is 1. The third-order valence-electron chi connectivity index (χ3n) is 3.42. The quantitative estimate of drug-likeness (QED) is 0.784. The number of nitrogen functional groups attached to an aromatic ring is 1. The summed E-state index contributed by atoms with van der Waals surface area (Å²) in [5, 5.41) is 0. The molecule has 0 fully saturated rings. The number of nitrogens with two attached hydrogens (primary N) is 2. The molecule has 4 heteroatoms. The van der Waals surface area contributed by atoms with E-state index in [1.807, 2.05) is 13.1 Å². The third-order valence-corrected chi connectivity index (χ3v) is 3.42. The van der Waals surface area contributed by atoms with E-state index >= 15 is 0 Å². The fourth-order valence-electron chi connectivity index (χ4n) is 1.61. The number of amides is 1. The second kappa shape index (κ2) is 4.65. The van der Waals surface area contributed by atoms with Gasteiger partial charge in [-0.15, -0.1) is 0 Å². The maximum atomic E-state index is 11.4. The van der Waals surface area contributed by atoms with E-state index in [2.05, 4.69) is 25.7 Å². The maximum absolute atomic E-state index is 11.4. The van der Waals surface area contributed by atoms with Crippen molar-refractivity contribution < 1.29 is 4.79 Å². The molecule has 4 nitrogen and oxygen atoms in total. The molecule has 0 aliphatic rings. The molecule has 94 valence electrons. The minimum atomic E-state index is -0.453. The zero-order chi connectivity index (χ0) is 13.2. The molecule has 0 radical (unpaired) electrons. The number of rotatable bonds is 4. The summed E-state index contributed by atoms with van der Waals surface area (Å²) in [6.07, 6.45) is 0.964. The predicted molar refractivity (Wildman–Crippen MR) is 72.1 cm³/mol. The molecule has 1 amide bonds. The Bertz CT molecular complexity index is 427. The number of nitrogens with zero attached hydrogens (tertiary/aromatic N) is 1. The molecule has 0 unspecified atom stereocenters. The number of hydrogen-bond donors (Lipinski definition) is 2. The van der Waals surface area contributed by atoms with Crippen molar-refractivity contribution in [3.8, 4) is 0 Å². The first-order valence-electron chi connectivity index (χ1n) is 5.72. The van der Waals surface area contributed by atoms with Gasteiger partial charge in [0.2, 0.25) is 0 Å². The van der Waals surface area contributed by atoms with Gasteiger partial charge in [-0.2, -0.15) is 0 Å². The standard InChI is InChI=1S/C13H21N3O/c1-5-13(2,3)16(4)11-7-6-9(14)8-10(11)12(15)17/h6-8H,5,14H2,1-4H3,(H2,15,17). The van der Waals surface area contributed by atoms with Crippen LogP contribution in [0.15, 0.2) is 18.2 Å². The van der Waals surface area contributed by atoms with Gasteiger partial charge in [0.1, 0.15) is 0 Å². The van der Waals surface area contributed by atoms with Crippen molar-refractivity contribution in [1.82, 2.24) is 0 Å². The first-order valence-corrected chi connectivity index (χ1v) is 5.72. The third kappa shape index (κ3) is 2.70. The van der Waals surface area contributed by atoms with Crippen molar-refractivity contribution in [3.05, 3.63) is 23.8 Å². The molecule has 0 atom stereocenters. The smallest absolute Gasteiger partial charge is 0.250 e. The van der Waals surface area contributed by atoms with Gasteiger partial charge in [0.25, 0.3) is 5.91 Å². The molecule has 1 aromatic carbocycles. The molecule has 0 saturated carbocycles. The lowest BCUT2D eigenvalue weighted by molar-refractivity contribution is 0.100. The Balaban J connectivity index is 3.26. The average Bonchev–Trinajstić information content (AvgIpc) is 2.28. The zero-order valence-electron chi connectivity index (χ0n) is 10.9. The van der Waals surface area contributed by atoms with Gasteiger partial charge in [0, 0.05) is 24.0 Å². The molecular formula is C13H21N3O. The number of hydrogen-bond acceptors (Lipinski definition) is 3. The van der Waals surface area contributed by atoms with Crippen LogP contribution in [0, 0.1) is 0 Å². The normalized spacial score (nSPS) is 11.3. The molecule has 4 N–H and O–H groups in total. The van der Waals surface area contributed by atoms with Gasteiger partial charge in [-0.25, -0.2) is 0 Å². The van der Waals surface area contributed by atoms with E-state index in [1.54, 1.807) is 12.1 Å². The Morgan fingerprint density at radius 1 is 1.41 bits per heavy atom. The van der Waals surface area contributed by atoms with Crippen LogP contribution in [0.25, 0.3) is 0 Å². The largest absolute Gasteiger partial charge is 0.399 e. The Kier molecular flexibility index (Phi) is 3.66. The van der Waals surface area contributed by atoms with Crippen LogP contribution >= 0.6 is 0 Å². The summed E-state index contributed by atoms with van der Waals surface area (Å²) in [7, 11) is 1.96. The highest BCUT2D eigenvalue weighted by atomic mass is 16.1. The van der Waals surface area contributed by atoms with Crippen LogP contribution in [0.5, 0.6) is 0 Å². The van der Waals surface area contributed by atoms with Crippen LogP contribution < -0.4 is 16.4 Å². The molecule has 0 saturated heterocycles. The topological polar surface area (TPSA) is 72.3 Å². The average molecular weight is 235 g/mol. The minimum Gasteiger partial charge on any atom is -0.399 e. The summed E-state index contributed by atoms with van der Waals surface area (Å²) >= 11 is 0. The number of anilines is 2. The summed E-state index contributed by atoms with van der Waals surface area (Å²) in [5.74, 6) is -0.453. The number of carbonyl (C=O) groups is 1. The Labute approximate surface area is 103 Å². The number of benzene rings is 1. The van der Waals surface area contributed by atoms with Crippen molar-refractivity contribution >= 4 is 17.3 Å². The summed E-state index contributed by atoms with van der Waals surface area (Å²) in [4.78, 5) is 13.5. The maximum Gasteiger partial charge on any atom is 0.250 e. The molecule has 0 aliphatic carbocycles. The van der Waals surface area contributed by atoms with Gasteiger partial charge in [0.15, 0.2) is 0 Å². The first-order chi connectivity index (χ1) is 7.79. The lowest BCUT2D eigenvalue weighted by Crippen LogP contribution is -2.41. The van der Waals surface area contributed by atoms with Gasteiger partial charge >= 0.3 is 0 Å². The summed E-state index contributed by atoms with van der Waals surface area (Å²) in [5.41, 5.74) is 12.9. The Morgan fingerprint density at radius 2 is 2.00 bits per heavy atom. The SMILES string of the molecule is CCC(C)(C)N(C)c1ccc(N)cc1C(N)=O. The molecule has 1 rings (SSSR count). The minimum absolute atomic E-state index is 0.0414. The van der Waals surface area contributed by atoms with E-state index in [4.69, 9.17) is 11.5 Å². The molecule has 0 bridgehead atoms. The van der Waals surface area contributed by atoms with E-state index in [9.17, 15) is 4.79 Å². The van der Waals surface area contributed by atoms with Crippen LogP contribution in [0.3, 0.4) is 0 Å². The second-order valence-electron chi connectivity index (χ2n) is 4.87. The summed E-state index contributed by atoms with van der Waals surface area (Å²) in [6.45, 7) is 6.35. The lowest BCUT2D eigenvalue weighted by Gasteiger charge is -2.37. The van der Waals surface area contributed by atoms with Crippen molar-refractivity contribution in [3.63, 3.8) is 0 Å². The van der Waals surface area contributed by atoms with Crippen LogP contribution in [0.2, 0.25) is 0 Å². The second-order valence-corrected chi connectivity index (χ2v) is 4.87. The van der Waals surface area contributed by atoms with Crippen LogP contribution in [0.1, 0.15) is 37.6 Å². The van der Waals surface area contributed by atoms with E-state index in [1.165, 1.54) is 0 Å². The number of carbonyl (C=O) groups excluding carboxylic acids is 1. The fourth-order valence-corrected chi connectivity index (χ4v) is 1.61. The Morgan fingerprint density at radius 3 is 2.47 bits per heavy atom. The molecule has 1 aromatic rings. The van der Waals surface area contributed by atoms with E-state index in [-0.39, 0.29) is 5.54 Å². The highest BCUT2D eigenvalue weighted by Gasteiger charge is 2.24. The van der Waals surface area contributed by atoms with Crippen LogP contribution in [-0.2, 0) is 0 Å². The lowest BCUT2D eigenvalue weighted by atomic mass is 9.97. The van der Waals surface area contributed by atoms with Gasteiger partial charge < -0.3 is 16.4 Å². The van der Waals surface area contributed by atoms with E-state index in [0.717, 1.165) is 12.1 Å². The van der Waals surface area contributed by atoms with Crippen molar-refractivity contribution in [2.75, 3.05) is 17.7 Å². The Hall–Kier alpha value is -1.71. The molecule has 0 spiro atoms. The van der Waals surface area contributed by atoms with Gasteiger partial charge in [-0.1, -0.05) is 6.92 Å². The van der Waals surface area contributed by atoms with E-state index < -0.39 is 5.91 Å². The monoisotopic (exact) mass is 235 g/mol. The highest BCUT2D eigenvalue weighted by Crippen LogP contribution is 2.29. The molecule has 0 aliphatic heterocycles. The van der Waals surface area contributed by atoms with Gasteiger partial charge in [0.05, 0.1) is 5.56 Å². The van der Waals surface area contributed by atoms with Crippen LogP contribution in [-0.4, -0.2) is 18.5 Å². The van der Waals surface area contributed by atoms with E-state index in [0.29, 0.717) is 11.3 Å². The zero-order valence-corrected chi connectivity index (χ0v) is 10.9. The molecule has 17 heavy (non-hydrogen) atoms. The molecule has 0 aromatic heterocycles. The molecular weight excluding hydrogens is 214 g/mol. The van der Waals surface area contributed by atoms with Gasteiger partial charge in [-0.3, -0.25) is 4.79 Å². The summed E-state index contributed by atoms with van der Waals surface area (Å²) in [6, 6.07) is 5.25. The van der Waals surface area contributed by atoms with Crippen molar-refractivity contribution in [2.24, 2.45) is 5.73 Å². The van der Waals surface area contributed by atoms with Crippen LogP contribution in [0.4, 0.5) is 11.4 Å². The van der Waals surface area contributed by atoms with Crippen molar-refractivity contribution in [2.45, 2.75) is 32.7 Å². The van der Waals surface area contributed by atoms with Crippen molar-refractivity contribution in [1.29, 1.82) is 0 Å². The highest BCUT2D eigenvalue weighted by molar-refractivity contribution is 5.99.